The van der Waals surface area contributed by atoms with Crippen molar-refractivity contribution in [1.82, 2.24) is 4.31 Å². The van der Waals surface area contributed by atoms with Gasteiger partial charge in [-0.3, -0.25) is 0 Å². The highest BCUT2D eigenvalue weighted by atomic mass is 32.2. The maximum absolute atomic E-state index is 13.0. The lowest BCUT2D eigenvalue weighted by molar-refractivity contribution is 0.165. The minimum atomic E-state index is -3.50. The van der Waals surface area contributed by atoms with Gasteiger partial charge in [0.25, 0.3) is 0 Å². The quantitative estimate of drug-likeness (QED) is 0.814. The molecule has 0 saturated carbocycles. The van der Waals surface area contributed by atoms with Crippen LogP contribution in [0.4, 0.5) is 0 Å². The minimum Gasteiger partial charge on any atom is -0.358 e. The fraction of sp³-hybridized carbons (Fsp3) is 0.333. The van der Waals surface area contributed by atoms with Crippen molar-refractivity contribution in [3.8, 4) is 0 Å². The van der Waals surface area contributed by atoms with Crippen LogP contribution in [0.15, 0.2) is 59.5 Å². The number of nitrogens with zero attached hydrogens (tertiary/aromatic N) is 1. The third-order valence-corrected chi connectivity index (χ3v) is 6.96. The van der Waals surface area contributed by atoms with Gasteiger partial charge in [0.1, 0.15) is 11.7 Å². The molecule has 0 spiro atoms. The van der Waals surface area contributed by atoms with E-state index in [0.29, 0.717) is 11.4 Å². The van der Waals surface area contributed by atoms with Gasteiger partial charge in [0, 0.05) is 6.54 Å². The molecule has 2 aromatic rings. The van der Waals surface area contributed by atoms with E-state index in [4.69, 9.17) is 4.74 Å². The van der Waals surface area contributed by atoms with Crippen LogP contribution >= 0.6 is 0 Å². The highest BCUT2D eigenvalue weighted by molar-refractivity contribution is 7.89. The Morgan fingerprint density at radius 3 is 2.39 bits per heavy atom. The second kappa shape index (κ2) is 4.90. The SMILES string of the molecule is Cc1ccc(S(=O)(=O)N2C[C@@H]3O[C@]3(c3ccccc3)[C@@H]2C)cc1. The average molecular weight is 329 g/mol. The normalized spacial score (nSPS) is 30.2. The van der Waals surface area contributed by atoms with Gasteiger partial charge in [-0.2, -0.15) is 4.31 Å². The van der Waals surface area contributed by atoms with E-state index in [1.54, 1.807) is 16.4 Å². The van der Waals surface area contributed by atoms with Crippen molar-refractivity contribution in [3.63, 3.8) is 0 Å². The summed E-state index contributed by atoms with van der Waals surface area (Å²) in [7, 11) is -3.50. The molecule has 2 fully saturated rings. The Hall–Kier alpha value is -1.69. The second-order valence-electron chi connectivity index (χ2n) is 6.33. The van der Waals surface area contributed by atoms with Crippen LogP contribution in [0.5, 0.6) is 0 Å². The molecule has 0 aliphatic carbocycles. The van der Waals surface area contributed by atoms with Gasteiger partial charge in [-0.25, -0.2) is 8.42 Å². The van der Waals surface area contributed by atoms with Crippen molar-refractivity contribution in [2.24, 2.45) is 0 Å². The van der Waals surface area contributed by atoms with Gasteiger partial charge in [0.15, 0.2) is 0 Å². The van der Waals surface area contributed by atoms with Crippen molar-refractivity contribution in [2.45, 2.75) is 36.5 Å². The summed E-state index contributed by atoms with van der Waals surface area (Å²) in [4.78, 5) is 0.347. The Morgan fingerprint density at radius 2 is 1.74 bits per heavy atom. The molecule has 0 N–H and O–H groups in total. The average Bonchev–Trinajstić information content (AvgIpc) is 3.21. The lowest BCUT2D eigenvalue weighted by atomic mass is 9.92. The summed E-state index contributed by atoms with van der Waals surface area (Å²) in [5.41, 5.74) is 1.61. The number of rotatable bonds is 3. The maximum Gasteiger partial charge on any atom is 0.243 e. The Balaban J connectivity index is 1.69. The van der Waals surface area contributed by atoms with E-state index in [0.717, 1.165) is 11.1 Å². The molecule has 0 amide bonds. The second-order valence-corrected chi connectivity index (χ2v) is 8.22. The number of ether oxygens (including phenoxy) is 1. The summed E-state index contributed by atoms with van der Waals surface area (Å²) in [6, 6.07) is 16.7. The number of fused-ring (bicyclic) bond motifs is 1. The number of morpholine rings is 1. The monoisotopic (exact) mass is 329 g/mol. The number of hydrogen-bond donors (Lipinski definition) is 0. The first-order chi connectivity index (χ1) is 11.0. The predicted octanol–water partition coefficient (Wildman–Crippen LogP) is 2.68. The molecule has 2 saturated heterocycles. The standard InChI is InChI=1S/C18H19NO3S/c1-13-8-10-16(11-9-13)23(20,21)19-12-17-18(22-17,14(19)2)15-6-4-3-5-7-15/h3-11,14,17H,12H2,1-2H3/t14-,17-,18-/m0/s1. The molecule has 4 rings (SSSR count). The zero-order valence-corrected chi connectivity index (χ0v) is 14.0. The molecule has 0 unspecified atom stereocenters. The molecule has 120 valence electrons. The smallest absolute Gasteiger partial charge is 0.243 e. The topological polar surface area (TPSA) is 49.9 Å². The third-order valence-electron chi connectivity index (χ3n) is 5.01. The largest absolute Gasteiger partial charge is 0.358 e. The first-order valence-corrected chi connectivity index (χ1v) is 9.22. The zero-order valence-electron chi connectivity index (χ0n) is 13.1. The fourth-order valence-corrected chi connectivity index (χ4v) is 5.28. The molecule has 0 bridgehead atoms. The Labute approximate surface area is 136 Å². The van der Waals surface area contributed by atoms with E-state index in [-0.39, 0.29) is 12.1 Å². The number of epoxide rings is 1. The molecule has 0 aromatic heterocycles. The summed E-state index contributed by atoms with van der Waals surface area (Å²) in [5, 5.41) is 0. The summed E-state index contributed by atoms with van der Waals surface area (Å²) in [6.07, 6.45) is -0.0554. The van der Waals surface area contributed by atoms with Gasteiger partial charge in [0.2, 0.25) is 10.0 Å². The number of benzene rings is 2. The summed E-state index contributed by atoms with van der Waals surface area (Å²) in [5.74, 6) is 0. The van der Waals surface area contributed by atoms with Crippen molar-refractivity contribution < 1.29 is 13.2 Å². The van der Waals surface area contributed by atoms with Gasteiger partial charge in [0.05, 0.1) is 10.9 Å². The van der Waals surface area contributed by atoms with Crippen LogP contribution < -0.4 is 0 Å². The van der Waals surface area contributed by atoms with Crippen LogP contribution in [0.25, 0.3) is 0 Å². The van der Waals surface area contributed by atoms with E-state index in [9.17, 15) is 8.42 Å². The van der Waals surface area contributed by atoms with Crippen molar-refractivity contribution in [3.05, 3.63) is 65.7 Å². The van der Waals surface area contributed by atoms with Gasteiger partial charge in [-0.1, -0.05) is 48.0 Å². The fourth-order valence-electron chi connectivity index (χ4n) is 3.62. The van der Waals surface area contributed by atoms with Gasteiger partial charge in [-0.05, 0) is 31.5 Å². The summed E-state index contributed by atoms with van der Waals surface area (Å²) >= 11 is 0. The molecular formula is C18H19NO3S. The van der Waals surface area contributed by atoms with Crippen LogP contribution in [-0.4, -0.2) is 31.4 Å². The van der Waals surface area contributed by atoms with E-state index >= 15 is 0 Å². The Kier molecular flexibility index (Phi) is 3.17. The van der Waals surface area contributed by atoms with E-state index in [2.05, 4.69) is 0 Å². The van der Waals surface area contributed by atoms with E-state index in [1.807, 2.05) is 56.3 Å². The maximum atomic E-state index is 13.0. The number of sulfonamides is 1. The lowest BCUT2D eigenvalue weighted by Gasteiger charge is -2.27. The minimum absolute atomic E-state index is 0.0554. The van der Waals surface area contributed by atoms with Crippen LogP contribution in [0.2, 0.25) is 0 Å². The number of aryl methyl sites for hydroxylation is 1. The van der Waals surface area contributed by atoms with Crippen LogP contribution in [0, 0.1) is 6.92 Å². The third kappa shape index (κ3) is 2.07. The van der Waals surface area contributed by atoms with E-state index in [1.165, 1.54) is 0 Å². The van der Waals surface area contributed by atoms with E-state index < -0.39 is 15.6 Å². The Morgan fingerprint density at radius 1 is 1.09 bits per heavy atom. The van der Waals surface area contributed by atoms with Gasteiger partial charge >= 0.3 is 0 Å². The molecule has 4 nitrogen and oxygen atoms in total. The molecule has 23 heavy (non-hydrogen) atoms. The van der Waals surface area contributed by atoms with Crippen LogP contribution in [-0.2, 0) is 20.4 Å². The summed E-state index contributed by atoms with van der Waals surface area (Å²) in [6.45, 7) is 4.29. The van der Waals surface area contributed by atoms with Gasteiger partial charge < -0.3 is 4.74 Å². The van der Waals surface area contributed by atoms with Crippen molar-refractivity contribution >= 4 is 10.0 Å². The molecule has 5 heteroatoms. The lowest BCUT2D eigenvalue weighted by Crippen LogP contribution is -2.41. The zero-order chi connectivity index (χ0) is 16.2. The molecule has 2 heterocycles. The molecule has 2 aliphatic heterocycles. The molecule has 0 radical (unpaired) electrons. The first-order valence-electron chi connectivity index (χ1n) is 7.78. The Bertz CT molecular complexity index is 832. The molecule has 2 aromatic carbocycles. The highest BCUT2D eigenvalue weighted by Gasteiger charge is 2.69. The highest BCUT2D eigenvalue weighted by Crippen LogP contribution is 2.56. The van der Waals surface area contributed by atoms with Crippen LogP contribution in [0.1, 0.15) is 18.1 Å². The molecule has 2 aliphatic rings. The van der Waals surface area contributed by atoms with Gasteiger partial charge in [-0.15, -0.1) is 0 Å². The molecular weight excluding hydrogens is 310 g/mol. The number of hydrogen-bond acceptors (Lipinski definition) is 3. The van der Waals surface area contributed by atoms with Crippen molar-refractivity contribution in [2.75, 3.05) is 6.54 Å². The predicted molar refractivity (Wildman–Crippen MR) is 87.5 cm³/mol. The summed E-state index contributed by atoms with van der Waals surface area (Å²) < 4.78 is 33.4. The first kappa shape index (κ1) is 14.9. The van der Waals surface area contributed by atoms with Crippen molar-refractivity contribution in [1.29, 1.82) is 0 Å². The molecule has 3 atom stereocenters. The van der Waals surface area contributed by atoms with Crippen LogP contribution in [0.3, 0.4) is 0 Å².